The predicted molar refractivity (Wildman–Crippen MR) is 71.1 cm³/mol. The first-order valence-corrected chi connectivity index (χ1v) is 7.76. The number of benzene rings is 1. The highest BCUT2D eigenvalue weighted by atomic mass is 32.2. The molecule has 5 nitrogen and oxygen atoms in total. The van der Waals surface area contributed by atoms with E-state index >= 15 is 0 Å². The summed E-state index contributed by atoms with van der Waals surface area (Å²) in [4.78, 5) is 25.0. The van der Waals surface area contributed by atoms with Crippen LogP contribution in [0.2, 0.25) is 0 Å². The highest BCUT2D eigenvalue weighted by Crippen LogP contribution is 2.32. The highest BCUT2D eigenvalue weighted by molar-refractivity contribution is 7.92. The van der Waals surface area contributed by atoms with Gasteiger partial charge in [0.1, 0.15) is 5.75 Å². The van der Waals surface area contributed by atoms with Gasteiger partial charge in [0.25, 0.3) is 0 Å². The zero-order valence-corrected chi connectivity index (χ0v) is 11.7. The van der Waals surface area contributed by atoms with Crippen molar-refractivity contribution in [2.75, 3.05) is 17.2 Å². The maximum Gasteiger partial charge on any atom is 0.242 e. The van der Waals surface area contributed by atoms with Crippen LogP contribution in [0.4, 0.5) is 5.69 Å². The summed E-state index contributed by atoms with van der Waals surface area (Å²) < 4.78 is 23.9. The maximum atomic E-state index is 12.0. The zero-order chi connectivity index (χ0) is 14.2. The first-order valence-electron chi connectivity index (χ1n) is 6.11. The largest absolute Gasteiger partial charge is 0.310 e. The van der Waals surface area contributed by atoms with Crippen LogP contribution in [-0.2, 0) is 14.6 Å². The molecule has 0 saturated carbocycles. The number of fused-ring (bicyclic) bond motifs is 1. The van der Waals surface area contributed by atoms with Crippen molar-refractivity contribution >= 4 is 27.2 Å². The van der Waals surface area contributed by atoms with Crippen molar-refractivity contribution in [3.8, 4) is 0 Å². The molecule has 1 heterocycles. The summed E-state index contributed by atoms with van der Waals surface area (Å²) in [5, 5.41) is 0. The van der Waals surface area contributed by atoms with Gasteiger partial charge in [-0.2, -0.15) is 0 Å². The Labute approximate surface area is 112 Å². The SMILES string of the molecule is CCC(=O)c1ccc2c(c1)N(CC)C(=O)CS2(=O)=O. The van der Waals surface area contributed by atoms with Crippen LogP contribution < -0.4 is 4.90 Å². The third-order valence-electron chi connectivity index (χ3n) is 3.16. The minimum atomic E-state index is -3.59. The Hall–Kier alpha value is -1.69. The molecule has 0 spiro atoms. The van der Waals surface area contributed by atoms with E-state index < -0.39 is 21.5 Å². The van der Waals surface area contributed by atoms with Crippen LogP contribution in [0, 0.1) is 0 Å². The number of carbonyl (C=O) groups excluding carboxylic acids is 2. The smallest absolute Gasteiger partial charge is 0.242 e. The molecule has 0 aliphatic carbocycles. The fraction of sp³-hybridized carbons (Fsp3) is 0.385. The van der Waals surface area contributed by atoms with Crippen LogP contribution in [-0.4, -0.2) is 32.4 Å². The second kappa shape index (κ2) is 4.77. The molecule has 1 aromatic carbocycles. The fourth-order valence-electron chi connectivity index (χ4n) is 2.17. The molecule has 1 aromatic rings. The number of amides is 1. The molecular formula is C13H15NO4S. The van der Waals surface area contributed by atoms with Gasteiger partial charge in [-0.1, -0.05) is 6.92 Å². The lowest BCUT2D eigenvalue weighted by Gasteiger charge is -2.28. The Bertz CT molecular complexity index is 649. The Morgan fingerprint density at radius 1 is 1.32 bits per heavy atom. The number of nitrogens with zero attached hydrogens (tertiary/aromatic N) is 1. The van der Waals surface area contributed by atoms with E-state index in [4.69, 9.17) is 0 Å². The summed E-state index contributed by atoms with van der Waals surface area (Å²) in [5.74, 6) is -1.03. The van der Waals surface area contributed by atoms with Crippen LogP contribution in [0.25, 0.3) is 0 Å². The van der Waals surface area contributed by atoms with E-state index in [1.807, 2.05) is 0 Å². The summed E-state index contributed by atoms with van der Waals surface area (Å²) in [6.45, 7) is 3.89. The van der Waals surface area contributed by atoms with Gasteiger partial charge >= 0.3 is 0 Å². The van der Waals surface area contributed by atoms with Crippen molar-refractivity contribution in [1.29, 1.82) is 0 Å². The molecule has 0 aromatic heterocycles. The molecule has 19 heavy (non-hydrogen) atoms. The Morgan fingerprint density at radius 2 is 2.00 bits per heavy atom. The van der Waals surface area contributed by atoms with Crippen LogP contribution >= 0.6 is 0 Å². The number of Topliss-reactive ketones (excluding diaryl/α,β-unsaturated/α-hetero) is 1. The minimum absolute atomic E-state index is 0.0747. The summed E-state index contributed by atoms with van der Waals surface area (Å²) >= 11 is 0. The van der Waals surface area contributed by atoms with Gasteiger partial charge in [-0.05, 0) is 25.1 Å². The molecule has 1 aliphatic heterocycles. The average molecular weight is 281 g/mol. The summed E-state index contributed by atoms with van der Waals surface area (Å²) in [7, 11) is -3.59. The van der Waals surface area contributed by atoms with E-state index in [2.05, 4.69) is 0 Å². The van der Waals surface area contributed by atoms with E-state index in [1.54, 1.807) is 13.8 Å². The van der Waals surface area contributed by atoms with Crippen molar-refractivity contribution in [1.82, 2.24) is 0 Å². The number of ketones is 1. The summed E-state index contributed by atoms with van der Waals surface area (Å²) in [6, 6.07) is 4.42. The van der Waals surface area contributed by atoms with Crippen molar-refractivity contribution in [2.45, 2.75) is 25.2 Å². The number of anilines is 1. The molecule has 102 valence electrons. The molecule has 1 aliphatic rings. The second-order valence-corrected chi connectivity index (χ2v) is 6.31. The third-order valence-corrected chi connectivity index (χ3v) is 4.80. The van der Waals surface area contributed by atoms with Crippen LogP contribution in [0.1, 0.15) is 30.6 Å². The van der Waals surface area contributed by atoms with Crippen molar-refractivity contribution in [3.63, 3.8) is 0 Å². The van der Waals surface area contributed by atoms with E-state index in [1.165, 1.54) is 23.1 Å². The Morgan fingerprint density at radius 3 is 2.58 bits per heavy atom. The Kier molecular flexibility index (Phi) is 3.45. The molecule has 6 heteroatoms. The predicted octanol–water partition coefficient (Wildman–Crippen LogP) is 1.42. The third kappa shape index (κ3) is 2.28. The summed E-state index contributed by atoms with van der Waals surface area (Å²) in [5.41, 5.74) is 0.752. The van der Waals surface area contributed by atoms with E-state index in [9.17, 15) is 18.0 Å². The van der Waals surface area contributed by atoms with Gasteiger partial charge in [0.05, 0.1) is 10.6 Å². The van der Waals surface area contributed by atoms with Gasteiger partial charge < -0.3 is 4.90 Å². The van der Waals surface area contributed by atoms with Crippen molar-refractivity contribution in [2.24, 2.45) is 0 Å². The number of sulfone groups is 1. The van der Waals surface area contributed by atoms with Gasteiger partial charge in [-0.25, -0.2) is 8.42 Å². The molecule has 0 radical (unpaired) electrons. The zero-order valence-electron chi connectivity index (χ0n) is 10.8. The fourth-order valence-corrected chi connectivity index (χ4v) is 3.57. The number of carbonyl (C=O) groups is 2. The quantitative estimate of drug-likeness (QED) is 0.786. The lowest BCUT2D eigenvalue weighted by atomic mass is 10.1. The van der Waals surface area contributed by atoms with E-state index in [-0.39, 0.29) is 10.7 Å². The standard InChI is InChI=1S/C13H15NO4S/c1-3-11(15)9-5-6-12-10(7-9)14(4-2)13(16)8-19(12,17)18/h5-7H,3-4,8H2,1-2H3. The van der Waals surface area contributed by atoms with Crippen LogP contribution in [0.15, 0.2) is 23.1 Å². The number of hydrogen-bond acceptors (Lipinski definition) is 4. The normalized spacial score (nSPS) is 17.2. The maximum absolute atomic E-state index is 12.0. The first kappa shape index (κ1) is 13.7. The minimum Gasteiger partial charge on any atom is -0.310 e. The lowest BCUT2D eigenvalue weighted by Crippen LogP contribution is -2.40. The van der Waals surface area contributed by atoms with Crippen molar-refractivity contribution in [3.05, 3.63) is 23.8 Å². The molecule has 0 unspecified atom stereocenters. The van der Waals surface area contributed by atoms with Gasteiger partial charge in [0.15, 0.2) is 15.6 Å². The van der Waals surface area contributed by atoms with E-state index in [0.29, 0.717) is 24.2 Å². The van der Waals surface area contributed by atoms with E-state index in [0.717, 1.165) is 0 Å². The van der Waals surface area contributed by atoms with Crippen LogP contribution in [0.3, 0.4) is 0 Å². The van der Waals surface area contributed by atoms with Crippen molar-refractivity contribution < 1.29 is 18.0 Å². The number of hydrogen-bond donors (Lipinski definition) is 0. The molecule has 1 amide bonds. The van der Waals surface area contributed by atoms with Gasteiger partial charge in [0.2, 0.25) is 5.91 Å². The molecule has 0 saturated heterocycles. The first-order chi connectivity index (χ1) is 8.90. The topological polar surface area (TPSA) is 71.5 Å². The molecule has 0 N–H and O–H groups in total. The molecule has 0 fully saturated rings. The summed E-state index contributed by atoms with van der Waals surface area (Å²) in [6.07, 6.45) is 0.339. The highest BCUT2D eigenvalue weighted by Gasteiger charge is 2.34. The lowest BCUT2D eigenvalue weighted by molar-refractivity contribution is -0.116. The van der Waals surface area contributed by atoms with Crippen LogP contribution in [0.5, 0.6) is 0 Å². The number of rotatable bonds is 3. The Balaban J connectivity index is 2.65. The van der Waals surface area contributed by atoms with Gasteiger partial charge in [-0.15, -0.1) is 0 Å². The molecule has 0 atom stereocenters. The molecule has 0 bridgehead atoms. The average Bonchev–Trinajstić information content (AvgIpc) is 2.36. The molecule has 2 rings (SSSR count). The second-order valence-electron chi connectivity index (χ2n) is 4.36. The van der Waals surface area contributed by atoms with Gasteiger partial charge in [-0.3, -0.25) is 9.59 Å². The van der Waals surface area contributed by atoms with Gasteiger partial charge in [0, 0.05) is 18.5 Å². The molecular weight excluding hydrogens is 266 g/mol. The monoisotopic (exact) mass is 281 g/mol.